The van der Waals surface area contributed by atoms with Crippen molar-refractivity contribution >= 4 is 29.0 Å². The molecule has 2 aromatic rings. The van der Waals surface area contributed by atoms with E-state index in [0.29, 0.717) is 25.8 Å². The van der Waals surface area contributed by atoms with Crippen molar-refractivity contribution in [2.24, 2.45) is 0 Å². The van der Waals surface area contributed by atoms with Gasteiger partial charge < -0.3 is 9.80 Å². The first-order chi connectivity index (χ1) is 14.1. The number of likely N-dealkylation sites (N-methyl/N-ethyl adjacent to an activating group) is 1. The number of amides is 1. The lowest BCUT2D eigenvalue weighted by atomic mass is 10.0. The molecule has 160 valence electrons. The van der Waals surface area contributed by atoms with Crippen molar-refractivity contribution in [2.45, 2.75) is 38.4 Å². The van der Waals surface area contributed by atoms with Crippen molar-refractivity contribution in [3.8, 4) is 0 Å². The molecule has 1 aliphatic rings. The third kappa shape index (κ3) is 4.61. The molecule has 0 aliphatic carbocycles. The van der Waals surface area contributed by atoms with Crippen LogP contribution in [0.1, 0.15) is 29.5 Å². The van der Waals surface area contributed by atoms with Crippen LogP contribution < -0.4 is 9.80 Å². The van der Waals surface area contributed by atoms with Gasteiger partial charge in [-0.15, -0.1) is 6.58 Å². The van der Waals surface area contributed by atoms with Crippen molar-refractivity contribution in [1.82, 2.24) is 4.98 Å². The molecule has 1 saturated heterocycles. The molecule has 3 rings (SSSR count). The second-order valence-corrected chi connectivity index (χ2v) is 7.80. The number of aryl methyl sites for hydroxylation is 1. The Bertz CT molecular complexity index is 961. The smallest absolute Gasteiger partial charge is 0.345 e. The highest BCUT2D eigenvalue weighted by Crippen LogP contribution is 2.35. The van der Waals surface area contributed by atoms with Crippen LogP contribution in [0.2, 0.25) is 5.15 Å². The molecule has 0 unspecified atom stereocenters. The SMILES string of the molecule is C=CCc1ccc(C)cc1N(C)C(=O)[C@@H]1CCCN1c1cc(C(F)(F)F)cc(Cl)n1. The predicted molar refractivity (Wildman–Crippen MR) is 113 cm³/mol. The minimum atomic E-state index is -4.54. The summed E-state index contributed by atoms with van der Waals surface area (Å²) in [6.45, 7) is 6.14. The number of alkyl halides is 3. The van der Waals surface area contributed by atoms with Crippen LogP contribution >= 0.6 is 11.6 Å². The minimum absolute atomic E-state index is 0.0645. The second kappa shape index (κ2) is 8.68. The molecule has 1 atom stereocenters. The third-order valence-electron chi connectivity index (χ3n) is 5.24. The summed E-state index contributed by atoms with van der Waals surface area (Å²) in [4.78, 5) is 20.6. The van der Waals surface area contributed by atoms with Crippen LogP contribution in [0, 0.1) is 6.92 Å². The molecular weight excluding hydrogens is 415 g/mol. The van der Waals surface area contributed by atoms with Gasteiger partial charge in [-0.25, -0.2) is 4.98 Å². The van der Waals surface area contributed by atoms with Crippen LogP contribution in [0.5, 0.6) is 0 Å². The maximum absolute atomic E-state index is 13.3. The molecule has 1 aromatic heterocycles. The Morgan fingerprint density at radius 2 is 2.10 bits per heavy atom. The zero-order chi connectivity index (χ0) is 22.1. The maximum atomic E-state index is 13.3. The maximum Gasteiger partial charge on any atom is 0.416 e. The van der Waals surface area contributed by atoms with E-state index in [2.05, 4.69) is 11.6 Å². The van der Waals surface area contributed by atoms with E-state index in [9.17, 15) is 18.0 Å². The summed E-state index contributed by atoms with van der Waals surface area (Å²) in [6.07, 6.45) is -0.970. The summed E-state index contributed by atoms with van der Waals surface area (Å²) < 4.78 is 39.6. The van der Waals surface area contributed by atoms with Crippen molar-refractivity contribution in [3.05, 3.63) is 64.8 Å². The molecule has 0 radical (unpaired) electrons. The van der Waals surface area contributed by atoms with Gasteiger partial charge in [0.2, 0.25) is 5.91 Å². The molecule has 2 heterocycles. The van der Waals surface area contributed by atoms with E-state index < -0.39 is 17.8 Å². The lowest BCUT2D eigenvalue weighted by Crippen LogP contribution is -2.45. The van der Waals surface area contributed by atoms with E-state index in [-0.39, 0.29) is 16.9 Å². The van der Waals surface area contributed by atoms with Crippen molar-refractivity contribution in [3.63, 3.8) is 0 Å². The fourth-order valence-corrected chi connectivity index (χ4v) is 3.95. The van der Waals surface area contributed by atoms with Crippen LogP contribution in [0.4, 0.5) is 24.7 Å². The van der Waals surface area contributed by atoms with E-state index >= 15 is 0 Å². The summed E-state index contributed by atoms with van der Waals surface area (Å²) in [7, 11) is 1.69. The summed E-state index contributed by atoms with van der Waals surface area (Å²) >= 11 is 5.85. The van der Waals surface area contributed by atoms with Crippen LogP contribution in [-0.2, 0) is 17.4 Å². The van der Waals surface area contributed by atoms with Crippen molar-refractivity contribution < 1.29 is 18.0 Å². The van der Waals surface area contributed by atoms with Gasteiger partial charge in [0.1, 0.15) is 17.0 Å². The van der Waals surface area contributed by atoms with Gasteiger partial charge in [-0.3, -0.25) is 4.79 Å². The Balaban J connectivity index is 1.93. The number of pyridine rings is 1. The van der Waals surface area contributed by atoms with Gasteiger partial charge in [0.15, 0.2) is 0 Å². The number of hydrogen-bond acceptors (Lipinski definition) is 3. The normalized spacial score (nSPS) is 16.6. The number of nitrogens with zero attached hydrogens (tertiary/aromatic N) is 3. The van der Waals surface area contributed by atoms with E-state index in [1.165, 1.54) is 0 Å². The number of aromatic nitrogens is 1. The summed E-state index contributed by atoms with van der Waals surface area (Å²) in [5.74, 6) is -0.131. The van der Waals surface area contributed by atoms with E-state index in [4.69, 9.17) is 11.6 Å². The third-order valence-corrected chi connectivity index (χ3v) is 5.43. The van der Waals surface area contributed by atoms with E-state index in [1.807, 2.05) is 25.1 Å². The molecular formula is C22H23ClF3N3O. The van der Waals surface area contributed by atoms with Crippen LogP contribution in [0.3, 0.4) is 0 Å². The van der Waals surface area contributed by atoms with Gasteiger partial charge in [-0.05, 0) is 55.5 Å². The van der Waals surface area contributed by atoms with Gasteiger partial charge in [-0.2, -0.15) is 13.2 Å². The molecule has 1 fully saturated rings. The number of rotatable bonds is 5. The monoisotopic (exact) mass is 437 g/mol. The first-order valence-corrected chi connectivity index (χ1v) is 9.99. The van der Waals surface area contributed by atoms with Crippen LogP contribution in [-0.4, -0.2) is 30.5 Å². The first kappa shape index (κ1) is 22.2. The van der Waals surface area contributed by atoms with Gasteiger partial charge >= 0.3 is 6.18 Å². The summed E-state index contributed by atoms with van der Waals surface area (Å²) in [6, 6.07) is 6.98. The van der Waals surface area contributed by atoms with Gasteiger partial charge in [0.25, 0.3) is 0 Å². The Hall–Kier alpha value is -2.54. The lowest BCUT2D eigenvalue weighted by molar-refractivity contribution is -0.137. The topological polar surface area (TPSA) is 36.4 Å². The average Bonchev–Trinajstić information content (AvgIpc) is 3.17. The molecule has 0 bridgehead atoms. The van der Waals surface area contributed by atoms with Crippen molar-refractivity contribution in [1.29, 1.82) is 0 Å². The fourth-order valence-electron chi connectivity index (χ4n) is 3.75. The van der Waals surface area contributed by atoms with Gasteiger partial charge in [0.05, 0.1) is 5.56 Å². The van der Waals surface area contributed by atoms with Crippen LogP contribution in [0.15, 0.2) is 43.0 Å². The van der Waals surface area contributed by atoms with E-state index in [1.54, 1.807) is 22.9 Å². The molecule has 1 amide bonds. The minimum Gasteiger partial charge on any atom is -0.345 e. The Morgan fingerprint density at radius 1 is 1.37 bits per heavy atom. The highest BCUT2D eigenvalue weighted by molar-refractivity contribution is 6.29. The van der Waals surface area contributed by atoms with Gasteiger partial charge in [0, 0.05) is 19.3 Å². The molecule has 4 nitrogen and oxygen atoms in total. The molecule has 30 heavy (non-hydrogen) atoms. The molecule has 0 spiro atoms. The molecule has 8 heteroatoms. The number of anilines is 2. The van der Waals surface area contributed by atoms with Crippen LogP contribution in [0.25, 0.3) is 0 Å². The number of benzene rings is 1. The Morgan fingerprint density at radius 3 is 2.77 bits per heavy atom. The Labute approximate surface area is 179 Å². The number of halogens is 4. The average molecular weight is 438 g/mol. The highest BCUT2D eigenvalue weighted by atomic mass is 35.5. The zero-order valence-electron chi connectivity index (χ0n) is 16.8. The second-order valence-electron chi connectivity index (χ2n) is 7.41. The quantitative estimate of drug-likeness (QED) is 0.462. The predicted octanol–water partition coefficient (Wildman–Crippen LogP) is 5.42. The number of allylic oxidation sites excluding steroid dienone is 1. The molecule has 1 aromatic carbocycles. The lowest BCUT2D eigenvalue weighted by Gasteiger charge is -2.30. The standard InChI is InChI=1S/C22H23ClF3N3O/c1-4-6-15-9-8-14(2)11-18(15)28(3)21(30)17-7-5-10-29(17)20-13-16(22(24,25)26)12-19(23)27-20/h4,8-9,11-13,17H,1,5-7,10H2,2-3H3/t17-/m0/s1. The highest BCUT2D eigenvalue weighted by Gasteiger charge is 2.37. The molecule has 0 N–H and O–H groups in total. The van der Waals surface area contributed by atoms with Crippen molar-refractivity contribution in [2.75, 3.05) is 23.4 Å². The van der Waals surface area contributed by atoms with E-state index in [0.717, 1.165) is 28.9 Å². The first-order valence-electron chi connectivity index (χ1n) is 9.61. The number of carbonyl (C=O) groups excluding carboxylic acids is 1. The number of carbonyl (C=O) groups is 1. The fraction of sp³-hybridized carbons (Fsp3) is 0.364. The zero-order valence-corrected chi connectivity index (χ0v) is 17.6. The summed E-state index contributed by atoms with van der Waals surface area (Å²) in [5.41, 5.74) is 1.85. The molecule has 0 saturated carbocycles. The molecule has 1 aliphatic heterocycles. The Kier molecular flexibility index (Phi) is 6.41. The van der Waals surface area contributed by atoms with Gasteiger partial charge in [-0.1, -0.05) is 29.8 Å². The summed E-state index contributed by atoms with van der Waals surface area (Å²) in [5, 5.41) is -0.252. The largest absolute Gasteiger partial charge is 0.416 e. The number of hydrogen-bond donors (Lipinski definition) is 0.